The Morgan fingerprint density at radius 1 is 1.23 bits per heavy atom. The van der Waals surface area contributed by atoms with Gasteiger partial charge in [-0.25, -0.2) is 0 Å². The molecule has 3 heteroatoms. The summed E-state index contributed by atoms with van der Waals surface area (Å²) in [6.45, 7) is 4.34. The van der Waals surface area contributed by atoms with Crippen LogP contribution >= 0.6 is 11.1 Å². The summed E-state index contributed by atoms with van der Waals surface area (Å²) in [6.07, 6.45) is 0. The van der Waals surface area contributed by atoms with Gasteiger partial charge in [0, 0.05) is 0 Å². The van der Waals surface area contributed by atoms with E-state index in [1.807, 2.05) is 25.2 Å². The molecule has 0 aliphatic carbocycles. The number of hydrogen-bond acceptors (Lipinski definition) is 1. The predicted molar refractivity (Wildman–Crippen MR) is 61.8 cm³/mol. The van der Waals surface area contributed by atoms with E-state index in [4.69, 9.17) is 11.1 Å². The number of nitrogens with one attached hydrogen (secondary N) is 1. The second-order valence-corrected chi connectivity index (χ2v) is 8.93. The molecule has 1 aromatic rings. The zero-order valence-corrected chi connectivity index (χ0v) is 10.1. The molecule has 0 aliphatic rings. The van der Waals surface area contributed by atoms with E-state index in [0.29, 0.717) is 5.54 Å². The maximum atomic E-state index is 6.61. The van der Waals surface area contributed by atoms with Crippen molar-refractivity contribution in [2.75, 3.05) is 7.05 Å². The lowest BCUT2D eigenvalue weighted by Crippen LogP contribution is -2.56. The van der Waals surface area contributed by atoms with E-state index in [9.17, 15) is 0 Å². The first-order chi connectivity index (χ1) is 6.11. The van der Waals surface area contributed by atoms with Crippen molar-refractivity contribution in [2.45, 2.75) is 19.4 Å². The average Bonchev–Trinajstić information content (AvgIpc) is 2.17. The highest BCUT2D eigenvalue weighted by atomic mass is 35.6. The van der Waals surface area contributed by atoms with E-state index >= 15 is 0 Å². The molecular formula is C10H16ClNSi. The molecule has 13 heavy (non-hydrogen) atoms. The summed E-state index contributed by atoms with van der Waals surface area (Å²) in [4.78, 5) is 3.30. The van der Waals surface area contributed by atoms with Gasteiger partial charge in [0.1, 0.15) is 0 Å². The van der Waals surface area contributed by atoms with E-state index in [2.05, 4.69) is 31.0 Å². The van der Waals surface area contributed by atoms with Gasteiger partial charge < -0.3 is 4.98 Å². The van der Waals surface area contributed by atoms with Gasteiger partial charge in [0.05, 0.1) is 0 Å². The van der Waals surface area contributed by atoms with Crippen LogP contribution in [-0.2, 0) is 0 Å². The molecule has 1 N–H and O–H groups in total. The average molecular weight is 214 g/mol. The highest BCUT2D eigenvalue weighted by Gasteiger charge is 2.35. The van der Waals surface area contributed by atoms with Gasteiger partial charge in [-0.2, -0.15) is 0 Å². The molecule has 0 radical (unpaired) electrons. The minimum absolute atomic E-state index is 0.488. The number of halogens is 1. The first-order valence-electron chi connectivity index (χ1n) is 4.54. The van der Waals surface area contributed by atoms with Crippen LogP contribution in [-0.4, -0.2) is 14.6 Å². The molecule has 0 spiro atoms. The highest BCUT2D eigenvalue weighted by molar-refractivity contribution is 7.26. The van der Waals surface area contributed by atoms with Crippen LogP contribution in [0.5, 0.6) is 0 Å². The standard InChI is InChI=1S/C10H16ClNSi/c1-9(2)13(11,12-3)10-7-5-4-6-8-10/h4-9,12H,1-3H3. The molecule has 0 saturated heterocycles. The summed E-state index contributed by atoms with van der Waals surface area (Å²) < 4.78 is 0. The minimum Gasteiger partial charge on any atom is -0.325 e. The molecule has 0 aliphatic heterocycles. The monoisotopic (exact) mass is 213 g/mol. The van der Waals surface area contributed by atoms with Crippen LogP contribution in [0.15, 0.2) is 30.3 Å². The molecule has 0 heterocycles. The topological polar surface area (TPSA) is 12.0 Å². The lowest BCUT2D eigenvalue weighted by atomic mass is 10.4. The van der Waals surface area contributed by atoms with Crippen LogP contribution in [0.2, 0.25) is 5.54 Å². The Bertz CT molecular complexity index is 263. The maximum absolute atomic E-state index is 6.61. The number of rotatable bonds is 3. The van der Waals surface area contributed by atoms with Crippen molar-refractivity contribution in [2.24, 2.45) is 0 Å². The van der Waals surface area contributed by atoms with Gasteiger partial charge in [0.15, 0.2) is 0 Å². The lowest BCUT2D eigenvalue weighted by Gasteiger charge is -2.27. The van der Waals surface area contributed by atoms with Gasteiger partial charge in [0.25, 0.3) is 7.55 Å². The van der Waals surface area contributed by atoms with Crippen molar-refractivity contribution < 1.29 is 0 Å². The van der Waals surface area contributed by atoms with Crippen LogP contribution in [0.1, 0.15) is 13.8 Å². The fourth-order valence-corrected chi connectivity index (χ4v) is 4.04. The fraction of sp³-hybridized carbons (Fsp3) is 0.400. The molecular weight excluding hydrogens is 198 g/mol. The van der Waals surface area contributed by atoms with Crippen LogP contribution in [0.25, 0.3) is 0 Å². The summed E-state index contributed by atoms with van der Waals surface area (Å²) in [7, 11) is -0.00400. The summed E-state index contributed by atoms with van der Waals surface area (Å²) in [6, 6.07) is 10.3. The van der Waals surface area contributed by atoms with E-state index in [1.165, 1.54) is 5.19 Å². The zero-order chi connectivity index (χ0) is 9.90. The summed E-state index contributed by atoms with van der Waals surface area (Å²) in [5.41, 5.74) is 0.488. The molecule has 1 atom stereocenters. The third-order valence-electron chi connectivity index (χ3n) is 2.35. The minimum atomic E-state index is -1.95. The second kappa shape index (κ2) is 4.27. The zero-order valence-electron chi connectivity index (χ0n) is 8.34. The summed E-state index contributed by atoms with van der Waals surface area (Å²) >= 11 is 6.61. The maximum Gasteiger partial charge on any atom is 0.260 e. The Labute approximate surface area is 85.9 Å². The van der Waals surface area contributed by atoms with Gasteiger partial charge >= 0.3 is 0 Å². The molecule has 0 fully saturated rings. The largest absolute Gasteiger partial charge is 0.325 e. The number of hydrogen-bond donors (Lipinski definition) is 1. The Balaban J connectivity index is 3.03. The summed E-state index contributed by atoms with van der Waals surface area (Å²) in [5.74, 6) is 0. The lowest BCUT2D eigenvalue weighted by molar-refractivity contribution is 0.984. The molecule has 1 rings (SSSR count). The smallest absolute Gasteiger partial charge is 0.260 e. The van der Waals surface area contributed by atoms with Crippen molar-refractivity contribution >= 4 is 23.8 Å². The molecule has 1 aromatic carbocycles. The van der Waals surface area contributed by atoms with Gasteiger partial charge in [0.2, 0.25) is 0 Å². The third-order valence-corrected chi connectivity index (χ3v) is 8.38. The van der Waals surface area contributed by atoms with E-state index in [0.717, 1.165) is 0 Å². The van der Waals surface area contributed by atoms with E-state index < -0.39 is 7.55 Å². The van der Waals surface area contributed by atoms with Gasteiger partial charge in [-0.1, -0.05) is 44.2 Å². The second-order valence-electron chi connectivity index (χ2n) is 3.48. The molecule has 0 aromatic heterocycles. The molecule has 1 unspecified atom stereocenters. The SMILES string of the molecule is CN[Si](Cl)(c1ccccc1)C(C)C. The number of benzene rings is 1. The van der Waals surface area contributed by atoms with Gasteiger partial charge in [-0.3, -0.25) is 0 Å². The molecule has 0 amide bonds. The van der Waals surface area contributed by atoms with Crippen molar-refractivity contribution in [1.82, 2.24) is 4.98 Å². The van der Waals surface area contributed by atoms with Crippen LogP contribution in [0.3, 0.4) is 0 Å². The molecule has 0 bridgehead atoms. The third kappa shape index (κ3) is 2.13. The molecule has 0 saturated carbocycles. The van der Waals surface area contributed by atoms with Crippen molar-refractivity contribution in [3.05, 3.63) is 30.3 Å². The van der Waals surface area contributed by atoms with E-state index in [1.54, 1.807) is 0 Å². The van der Waals surface area contributed by atoms with Crippen LogP contribution in [0, 0.1) is 0 Å². The quantitative estimate of drug-likeness (QED) is 0.600. The fourth-order valence-electron chi connectivity index (χ4n) is 1.45. The Hall–Kier alpha value is -0.313. The Morgan fingerprint density at radius 2 is 1.77 bits per heavy atom. The molecule has 72 valence electrons. The predicted octanol–water partition coefficient (Wildman–Crippen LogP) is 2.20. The van der Waals surface area contributed by atoms with Crippen LogP contribution in [0.4, 0.5) is 0 Å². The Morgan fingerprint density at radius 3 is 2.15 bits per heavy atom. The normalized spacial score (nSPS) is 15.8. The van der Waals surface area contributed by atoms with Gasteiger partial charge in [-0.05, 0) is 17.8 Å². The van der Waals surface area contributed by atoms with E-state index in [-0.39, 0.29) is 0 Å². The summed E-state index contributed by atoms with van der Waals surface area (Å²) in [5, 5.41) is 1.26. The Kier molecular flexibility index (Phi) is 3.53. The van der Waals surface area contributed by atoms with Crippen molar-refractivity contribution in [3.8, 4) is 0 Å². The first kappa shape index (κ1) is 10.8. The van der Waals surface area contributed by atoms with Crippen LogP contribution < -0.4 is 10.2 Å². The molecule has 1 nitrogen and oxygen atoms in total. The van der Waals surface area contributed by atoms with Crippen molar-refractivity contribution in [1.29, 1.82) is 0 Å². The van der Waals surface area contributed by atoms with Crippen molar-refractivity contribution in [3.63, 3.8) is 0 Å². The first-order valence-corrected chi connectivity index (χ1v) is 7.63. The van der Waals surface area contributed by atoms with Gasteiger partial charge in [-0.15, -0.1) is 11.1 Å². The highest BCUT2D eigenvalue weighted by Crippen LogP contribution is 2.21.